The molecule has 3 rings (SSSR count). The molecule has 20 heavy (non-hydrogen) atoms. The Balaban J connectivity index is 1.94. The van der Waals surface area contributed by atoms with Crippen molar-refractivity contribution < 1.29 is 8.42 Å². The Morgan fingerprint density at radius 3 is 2.80 bits per heavy atom. The molecular formula is C14H21N3O2S. The van der Waals surface area contributed by atoms with Gasteiger partial charge < -0.3 is 5.73 Å². The summed E-state index contributed by atoms with van der Waals surface area (Å²) in [6.45, 7) is 4.38. The Hall–Kier alpha value is -1.01. The Morgan fingerprint density at radius 2 is 2.15 bits per heavy atom. The maximum absolute atomic E-state index is 11.6. The molecule has 0 amide bonds. The smallest absolute Gasteiger partial charge is 0.151 e. The van der Waals surface area contributed by atoms with E-state index < -0.39 is 9.84 Å². The molecule has 2 aliphatic rings. The Bertz CT molecular complexity index is 640. The quantitative estimate of drug-likeness (QED) is 0.845. The molecule has 1 aliphatic heterocycles. The van der Waals surface area contributed by atoms with Gasteiger partial charge in [0.25, 0.3) is 0 Å². The fourth-order valence-corrected chi connectivity index (χ4v) is 5.06. The van der Waals surface area contributed by atoms with Crippen LogP contribution in [0.1, 0.15) is 55.7 Å². The summed E-state index contributed by atoms with van der Waals surface area (Å²) in [5.41, 5.74) is 8.36. The lowest BCUT2D eigenvalue weighted by Crippen LogP contribution is -2.31. The lowest BCUT2D eigenvalue weighted by Gasteiger charge is -2.34. The van der Waals surface area contributed by atoms with Crippen molar-refractivity contribution in [1.29, 1.82) is 0 Å². The molecule has 1 fully saturated rings. The summed E-state index contributed by atoms with van der Waals surface area (Å²) in [5.74, 6) is 1.06. The maximum atomic E-state index is 11.6. The van der Waals surface area contributed by atoms with Gasteiger partial charge in [0.2, 0.25) is 0 Å². The average Bonchev–Trinajstić information content (AvgIpc) is 2.67. The Morgan fingerprint density at radius 1 is 1.40 bits per heavy atom. The second-order valence-electron chi connectivity index (χ2n) is 6.88. The van der Waals surface area contributed by atoms with Crippen LogP contribution >= 0.6 is 0 Å². The minimum absolute atomic E-state index is 0.0184. The molecule has 5 nitrogen and oxygen atoms in total. The highest BCUT2D eigenvalue weighted by molar-refractivity contribution is 7.91. The van der Waals surface area contributed by atoms with Gasteiger partial charge in [0.05, 0.1) is 11.5 Å². The molecule has 0 aromatic carbocycles. The molecule has 1 aliphatic carbocycles. The van der Waals surface area contributed by atoms with E-state index >= 15 is 0 Å². The fourth-order valence-electron chi connectivity index (χ4n) is 3.32. The van der Waals surface area contributed by atoms with Gasteiger partial charge in [-0.1, -0.05) is 13.8 Å². The van der Waals surface area contributed by atoms with E-state index in [0.717, 1.165) is 24.1 Å². The van der Waals surface area contributed by atoms with Gasteiger partial charge in [-0.05, 0) is 24.7 Å². The van der Waals surface area contributed by atoms with E-state index in [1.807, 2.05) is 6.20 Å². The van der Waals surface area contributed by atoms with Gasteiger partial charge in [0, 0.05) is 29.4 Å². The third-order valence-corrected chi connectivity index (χ3v) is 6.10. The molecule has 6 heteroatoms. The number of fused-ring (bicyclic) bond motifs is 1. The summed E-state index contributed by atoms with van der Waals surface area (Å²) in [7, 11) is -2.90. The lowest BCUT2D eigenvalue weighted by molar-refractivity contribution is 0.277. The van der Waals surface area contributed by atoms with Crippen molar-refractivity contribution in [2.24, 2.45) is 11.1 Å². The van der Waals surface area contributed by atoms with Gasteiger partial charge in [-0.3, -0.25) is 0 Å². The van der Waals surface area contributed by atoms with Crippen molar-refractivity contribution in [3.05, 3.63) is 23.3 Å². The van der Waals surface area contributed by atoms with Gasteiger partial charge in [-0.25, -0.2) is 18.4 Å². The van der Waals surface area contributed by atoms with Gasteiger partial charge in [-0.15, -0.1) is 0 Å². The Kier molecular flexibility index (Phi) is 3.14. The zero-order valence-electron chi connectivity index (χ0n) is 12.0. The molecule has 1 aromatic heterocycles. The van der Waals surface area contributed by atoms with E-state index in [1.54, 1.807) is 0 Å². The minimum Gasteiger partial charge on any atom is -0.324 e. The van der Waals surface area contributed by atoms with E-state index in [1.165, 1.54) is 0 Å². The zero-order valence-corrected chi connectivity index (χ0v) is 12.8. The predicted octanol–water partition coefficient (Wildman–Crippen LogP) is 1.35. The second kappa shape index (κ2) is 4.49. The van der Waals surface area contributed by atoms with Crippen LogP contribution in [0.5, 0.6) is 0 Å². The van der Waals surface area contributed by atoms with E-state index in [9.17, 15) is 8.42 Å². The first-order valence-corrected chi connectivity index (χ1v) is 8.90. The third-order valence-electron chi connectivity index (χ3n) is 4.33. The number of nitrogens with zero attached hydrogens (tertiary/aromatic N) is 2. The average molecular weight is 295 g/mol. The summed E-state index contributed by atoms with van der Waals surface area (Å²) in [6.07, 6.45) is 4.25. The molecule has 0 radical (unpaired) electrons. The van der Waals surface area contributed by atoms with Crippen LogP contribution in [0.2, 0.25) is 0 Å². The first-order chi connectivity index (χ1) is 9.26. The minimum atomic E-state index is -2.90. The second-order valence-corrected chi connectivity index (χ2v) is 9.11. The number of rotatable bonds is 1. The van der Waals surface area contributed by atoms with Gasteiger partial charge in [0.15, 0.2) is 9.84 Å². The van der Waals surface area contributed by atoms with E-state index in [4.69, 9.17) is 5.73 Å². The van der Waals surface area contributed by atoms with Crippen LogP contribution in [-0.2, 0) is 16.3 Å². The van der Waals surface area contributed by atoms with E-state index in [2.05, 4.69) is 23.8 Å². The molecular weight excluding hydrogens is 274 g/mol. The lowest BCUT2D eigenvalue weighted by atomic mass is 9.74. The summed E-state index contributed by atoms with van der Waals surface area (Å²) in [5, 5.41) is 0. The third kappa shape index (κ3) is 2.59. The van der Waals surface area contributed by atoms with Crippen molar-refractivity contribution in [3.8, 4) is 0 Å². The molecule has 1 aromatic rings. The molecule has 2 N–H and O–H groups in total. The molecule has 0 saturated carbocycles. The standard InChI is InChI=1S/C14H21N3O2S/c1-14(2)5-11(15)10-7-16-13(17-12(10)6-14)9-3-4-20(18,19)8-9/h7,9,11H,3-6,8,15H2,1-2H3. The first-order valence-electron chi connectivity index (χ1n) is 7.07. The molecule has 2 unspecified atom stereocenters. The maximum Gasteiger partial charge on any atom is 0.151 e. The van der Waals surface area contributed by atoms with Crippen LogP contribution in [0, 0.1) is 5.41 Å². The highest BCUT2D eigenvalue weighted by atomic mass is 32.2. The van der Waals surface area contributed by atoms with Crippen LogP contribution < -0.4 is 5.73 Å². The number of sulfone groups is 1. The highest BCUT2D eigenvalue weighted by Crippen LogP contribution is 2.39. The van der Waals surface area contributed by atoms with Crippen molar-refractivity contribution in [2.75, 3.05) is 11.5 Å². The largest absolute Gasteiger partial charge is 0.324 e. The molecule has 110 valence electrons. The number of hydrogen-bond acceptors (Lipinski definition) is 5. The van der Waals surface area contributed by atoms with Crippen molar-refractivity contribution in [1.82, 2.24) is 9.97 Å². The van der Waals surface area contributed by atoms with Crippen LogP contribution in [0.4, 0.5) is 0 Å². The monoisotopic (exact) mass is 295 g/mol. The topological polar surface area (TPSA) is 85.9 Å². The summed E-state index contributed by atoms with van der Waals surface area (Å²) in [6, 6.07) is -0.0184. The predicted molar refractivity (Wildman–Crippen MR) is 77.1 cm³/mol. The molecule has 2 heterocycles. The fraction of sp³-hybridized carbons (Fsp3) is 0.714. The summed E-state index contributed by atoms with van der Waals surface area (Å²) >= 11 is 0. The number of nitrogens with two attached hydrogens (primary N) is 1. The van der Waals surface area contributed by atoms with E-state index in [0.29, 0.717) is 12.2 Å². The molecule has 0 bridgehead atoms. The first kappa shape index (κ1) is 13.9. The number of hydrogen-bond donors (Lipinski definition) is 1. The normalized spacial score (nSPS) is 30.9. The molecule has 1 saturated heterocycles. The SMILES string of the molecule is CC1(C)Cc2nc(C3CCS(=O)(=O)C3)ncc2C(N)C1. The molecule has 0 spiro atoms. The van der Waals surface area contributed by atoms with Gasteiger partial charge in [0.1, 0.15) is 5.82 Å². The summed E-state index contributed by atoms with van der Waals surface area (Å²) < 4.78 is 23.2. The van der Waals surface area contributed by atoms with Crippen LogP contribution in [0.25, 0.3) is 0 Å². The van der Waals surface area contributed by atoms with Gasteiger partial charge in [-0.2, -0.15) is 0 Å². The molecule has 2 atom stereocenters. The van der Waals surface area contributed by atoms with Crippen molar-refractivity contribution in [3.63, 3.8) is 0 Å². The van der Waals surface area contributed by atoms with Gasteiger partial charge >= 0.3 is 0 Å². The Labute approximate surface area is 119 Å². The number of aromatic nitrogens is 2. The van der Waals surface area contributed by atoms with E-state index in [-0.39, 0.29) is 28.9 Å². The summed E-state index contributed by atoms with van der Waals surface area (Å²) in [4.78, 5) is 9.03. The van der Waals surface area contributed by atoms with Crippen LogP contribution in [0.3, 0.4) is 0 Å². The van der Waals surface area contributed by atoms with Crippen LogP contribution in [-0.4, -0.2) is 29.9 Å². The zero-order chi connectivity index (χ0) is 14.5. The van der Waals surface area contributed by atoms with Crippen LogP contribution in [0.15, 0.2) is 6.20 Å². The highest BCUT2D eigenvalue weighted by Gasteiger charge is 2.34. The van der Waals surface area contributed by atoms with Crippen molar-refractivity contribution >= 4 is 9.84 Å². The van der Waals surface area contributed by atoms with Crippen molar-refractivity contribution in [2.45, 2.75) is 45.1 Å².